The van der Waals surface area contributed by atoms with E-state index < -0.39 is 22.3 Å². The Morgan fingerprint density at radius 1 is 1.07 bits per heavy atom. The average molecular weight is 376 g/mol. The largest absolute Gasteiger partial charge is 0.496 e. The van der Waals surface area contributed by atoms with Gasteiger partial charge in [0.25, 0.3) is 0 Å². The first-order valence-corrected chi connectivity index (χ1v) is 7.62. The number of nitro benzene ring substituents is 1. The van der Waals surface area contributed by atoms with Crippen molar-refractivity contribution in [2.75, 3.05) is 26.6 Å². The summed E-state index contributed by atoms with van der Waals surface area (Å²) in [6.07, 6.45) is 2.69. The van der Waals surface area contributed by atoms with Gasteiger partial charge >= 0.3 is 5.69 Å². The van der Waals surface area contributed by atoms with Crippen LogP contribution < -0.4 is 19.5 Å². The lowest BCUT2D eigenvalue weighted by molar-refractivity contribution is -0.387. The second-order valence-corrected chi connectivity index (χ2v) is 5.20. The molecule has 0 aliphatic rings. The minimum absolute atomic E-state index is 0.0945. The molecule has 0 aliphatic heterocycles. The molecule has 0 atom stereocenters. The summed E-state index contributed by atoms with van der Waals surface area (Å²) in [6.45, 7) is 0. The summed E-state index contributed by atoms with van der Waals surface area (Å²) in [5, 5.41) is 13.2. The van der Waals surface area contributed by atoms with Crippen LogP contribution in [0.4, 0.5) is 15.8 Å². The van der Waals surface area contributed by atoms with Gasteiger partial charge in [-0.05, 0) is 24.3 Å². The number of anilines is 1. The summed E-state index contributed by atoms with van der Waals surface area (Å²) in [6, 6.07) is 6.32. The Hall–Kier alpha value is -3.62. The normalized spacial score (nSPS) is 10.5. The van der Waals surface area contributed by atoms with E-state index in [2.05, 4.69) is 5.32 Å². The van der Waals surface area contributed by atoms with Gasteiger partial charge < -0.3 is 19.5 Å². The molecule has 1 N–H and O–H groups in total. The fourth-order valence-electron chi connectivity index (χ4n) is 2.26. The Labute approximate surface area is 154 Å². The van der Waals surface area contributed by atoms with Crippen LogP contribution in [-0.4, -0.2) is 32.2 Å². The molecule has 9 heteroatoms. The molecule has 142 valence electrons. The summed E-state index contributed by atoms with van der Waals surface area (Å²) >= 11 is 0. The van der Waals surface area contributed by atoms with Crippen LogP contribution in [0.5, 0.6) is 17.2 Å². The standard InChI is InChI=1S/C18H17FN2O6/c1-25-15-10-17(27-3)16(26-2)8-11(15)4-7-18(22)20-12-5-6-13(19)14(9-12)21(23)24/h4-10H,1-3H3,(H,20,22)/b7-4+. The van der Waals surface area contributed by atoms with E-state index >= 15 is 0 Å². The predicted octanol–water partition coefficient (Wildman–Crippen LogP) is 3.41. The Balaban J connectivity index is 2.22. The summed E-state index contributed by atoms with van der Waals surface area (Å²) in [7, 11) is 4.43. The summed E-state index contributed by atoms with van der Waals surface area (Å²) < 4.78 is 29.0. The van der Waals surface area contributed by atoms with E-state index in [4.69, 9.17) is 14.2 Å². The molecule has 0 aliphatic carbocycles. The van der Waals surface area contributed by atoms with Crippen molar-refractivity contribution in [3.63, 3.8) is 0 Å². The van der Waals surface area contributed by atoms with E-state index in [1.54, 1.807) is 12.1 Å². The molecule has 8 nitrogen and oxygen atoms in total. The van der Waals surface area contributed by atoms with Gasteiger partial charge in [0.2, 0.25) is 11.7 Å². The van der Waals surface area contributed by atoms with Crippen LogP contribution in [0, 0.1) is 15.9 Å². The first-order chi connectivity index (χ1) is 12.9. The van der Waals surface area contributed by atoms with Gasteiger partial charge in [-0.25, -0.2) is 0 Å². The number of benzene rings is 2. The molecule has 0 heterocycles. The summed E-state index contributed by atoms with van der Waals surface area (Å²) in [5.41, 5.74) is -0.0780. The topological polar surface area (TPSA) is 99.9 Å². The van der Waals surface area contributed by atoms with Crippen molar-refractivity contribution in [1.82, 2.24) is 0 Å². The number of carbonyl (C=O) groups excluding carboxylic acids is 1. The maximum atomic E-state index is 13.3. The molecule has 0 spiro atoms. The van der Waals surface area contributed by atoms with Gasteiger partial charge in [-0.2, -0.15) is 4.39 Å². The molecular weight excluding hydrogens is 359 g/mol. The molecule has 0 radical (unpaired) electrons. The van der Waals surface area contributed by atoms with Crippen LogP contribution in [0.2, 0.25) is 0 Å². The minimum Gasteiger partial charge on any atom is -0.496 e. The number of nitrogens with one attached hydrogen (secondary N) is 1. The molecule has 0 unspecified atom stereocenters. The lowest BCUT2D eigenvalue weighted by atomic mass is 10.1. The molecule has 0 saturated carbocycles. The first kappa shape index (κ1) is 19.7. The number of hydrogen-bond donors (Lipinski definition) is 1. The van der Waals surface area contributed by atoms with Crippen molar-refractivity contribution in [3.05, 3.63) is 57.9 Å². The van der Waals surface area contributed by atoms with E-state index in [1.807, 2.05) is 0 Å². The van der Waals surface area contributed by atoms with E-state index in [0.717, 1.165) is 12.1 Å². The molecule has 0 saturated heterocycles. The molecule has 0 bridgehead atoms. The highest BCUT2D eigenvalue weighted by molar-refractivity contribution is 6.02. The average Bonchev–Trinajstić information content (AvgIpc) is 2.66. The highest BCUT2D eigenvalue weighted by Crippen LogP contribution is 2.35. The number of rotatable bonds is 7. The minimum atomic E-state index is -0.983. The number of ether oxygens (including phenoxy) is 3. The number of carbonyl (C=O) groups is 1. The number of hydrogen-bond acceptors (Lipinski definition) is 6. The zero-order valence-corrected chi connectivity index (χ0v) is 14.8. The highest BCUT2D eigenvalue weighted by Gasteiger charge is 2.15. The Morgan fingerprint density at radius 2 is 1.70 bits per heavy atom. The predicted molar refractivity (Wildman–Crippen MR) is 96.8 cm³/mol. The third kappa shape index (κ3) is 4.72. The van der Waals surface area contributed by atoms with Crippen molar-refractivity contribution >= 4 is 23.4 Å². The van der Waals surface area contributed by atoms with Crippen molar-refractivity contribution < 1.29 is 28.3 Å². The zero-order chi connectivity index (χ0) is 20.0. The number of nitro groups is 1. The second-order valence-electron chi connectivity index (χ2n) is 5.20. The van der Waals surface area contributed by atoms with Crippen LogP contribution in [-0.2, 0) is 4.79 Å². The van der Waals surface area contributed by atoms with Crippen LogP contribution >= 0.6 is 0 Å². The van der Waals surface area contributed by atoms with Gasteiger partial charge in [-0.1, -0.05) is 0 Å². The van der Waals surface area contributed by atoms with Gasteiger partial charge in [0.05, 0.1) is 26.3 Å². The van der Waals surface area contributed by atoms with Gasteiger partial charge in [-0.15, -0.1) is 0 Å². The summed E-state index contributed by atoms with van der Waals surface area (Å²) in [5.74, 6) is -0.174. The fourth-order valence-corrected chi connectivity index (χ4v) is 2.26. The summed E-state index contributed by atoms with van der Waals surface area (Å²) in [4.78, 5) is 22.0. The van der Waals surface area contributed by atoms with Gasteiger partial charge in [0.15, 0.2) is 11.5 Å². The van der Waals surface area contributed by atoms with E-state index in [9.17, 15) is 19.3 Å². The number of amides is 1. The highest BCUT2D eigenvalue weighted by atomic mass is 19.1. The third-order valence-corrected chi connectivity index (χ3v) is 3.56. The van der Waals surface area contributed by atoms with Crippen molar-refractivity contribution in [2.45, 2.75) is 0 Å². The van der Waals surface area contributed by atoms with Gasteiger partial charge in [-0.3, -0.25) is 14.9 Å². The SMILES string of the molecule is COc1cc(OC)c(OC)cc1/C=C/C(=O)Nc1ccc(F)c([N+](=O)[O-])c1. The Bertz CT molecular complexity index is 898. The molecule has 27 heavy (non-hydrogen) atoms. The lowest BCUT2D eigenvalue weighted by Crippen LogP contribution is -2.08. The molecule has 0 fully saturated rings. The third-order valence-electron chi connectivity index (χ3n) is 3.56. The molecular formula is C18H17FN2O6. The van der Waals surface area contributed by atoms with Crippen LogP contribution in [0.1, 0.15) is 5.56 Å². The van der Waals surface area contributed by atoms with Crippen LogP contribution in [0.3, 0.4) is 0 Å². The molecule has 0 aromatic heterocycles. The molecule has 2 aromatic carbocycles. The van der Waals surface area contributed by atoms with E-state index in [-0.39, 0.29) is 5.69 Å². The van der Waals surface area contributed by atoms with Crippen LogP contribution in [0.25, 0.3) is 6.08 Å². The number of nitrogens with zero attached hydrogens (tertiary/aromatic N) is 1. The van der Waals surface area contributed by atoms with E-state index in [1.165, 1.54) is 39.5 Å². The smallest absolute Gasteiger partial charge is 0.306 e. The number of methoxy groups -OCH3 is 3. The van der Waals surface area contributed by atoms with Crippen molar-refractivity contribution in [1.29, 1.82) is 0 Å². The zero-order valence-electron chi connectivity index (χ0n) is 14.8. The van der Waals surface area contributed by atoms with Crippen LogP contribution in [0.15, 0.2) is 36.4 Å². The van der Waals surface area contributed by atoms with Gasteiger partial charge in [0.1, 0.15) is 5.75 Å². The van der Waals surface area contributed by atoms with Gasteiger partial charge in [0, 0.05) is 29.5 Å². The number of halogens is 1. The first-order valence-electron chi connectivity index (χ1n) is 7.62. The quantitative estimate of drug-likeness (QED) is 0.452. The fraction of sp³-hybridized carbons (Fsp3) is 0.167. The lowest BCUT2D eigenvalue weighted by Gasteiger charge is -2.12. The molecule has 2 aromatic rings. The van der Waals surface area contributed by atoms with Crippen molar-refractivity contribution in [2.24, 2.45) is 0 Å². The maximum absolute atomic E-state index is 13.3. The molecule has 2 rings (SSSR count). The van der Waals surface area contributed by atoms with E-state index in [0.29, 0.717) is 22.8 Å². The maximum Gasteiger partial charge on any atom is 0.306 e. The monoisotopic (exact) mass is 376 g/mol. The second kappa shape index (κ2) is 8.65. The Morgan fingerprint density at radius 3 is 2.30 bits per heavy atom. The molecule has 1 amide bonds. The Kier molecular flexibility index (Phi) is 6.32. The van der Waals surface area contributed by atoms with Crippen molar-refractivity contribution in [3.8, 4) is 17.2 Å².